The van der Waals surface area contributed by atoms with E-state index in [1.54, 1.807) is 6.07 Å². The second kappa shape index (κ2) is 9.33. The lowest BCUT2D eigenvalue weighted by Crippen LogP contribution is -2.58. The van der Waals surface area contributed by atoms with Crippen molar-refractivity contribution in [3.8, 4) is 23.3 Å². The molecule has 1 aromatic carbocycles. The molecule has 1 aliphatic rings. The molecule has 1 saturated heterocycles. The van der Waals surface area contributed by atoms with Gasteiger partial charge in [-0.1, -0.05) is 0 Å². The Morgan fingerprint density at radius 2 is 2.00 bits per heavy atom. The summed E-state index contributed by atoms with van der Waals surface area (Å²) in [6.45, 7) is 2.00. The van der Waals surface area contributed by atoms with Gasteiger partial charge < -0.3 is 15.2 Å². The summed E-state index contributed by atoms with van der Waals surface area (Å²) in [6, 6.07) is 8.43. The Kier molecular flexibility index (Phi) is 6.30. The van der Waals surface area contributed by atoms with Crippen LogP contribution < -0.4 is 10.1 Å². The first-order valence-corrected chi connectivity index (χ1v) is 10.5. The number of benzene rings is 1. The fourth-order valence-corrected chi connectivity index (χ4v) is 3.89. The van der Waals surface area contributed by atoms with Crippen molar-refractivity contribution < 1.29 is 23.8 Å². The molecule has 9 nitrogen and oxygen atoms in total. The van der Waals surface area contributed by atoms with Gasteiger partial charge in [0.1, 0.15) is 17.4 Å². The number of nitrogens with zero attached hydrogens (tertiary/aromatic N) is 4. The minimum atomic E-state index is -1.56. The highest BCUT2D eigenvalue weighted by molar-refractivity contribution is 6.07. The van der Waals surface area contributed by atoms with E-state index < -0.39 is 28.7 Å². The third kappa shape index (κ3) is 4.33. The van der Waals surface area contributed by atoms with Crippen LogP contribution in [0.5, 0.6) is 5.88 Å². The Bertz CT molecular complexity index is 1280. The molecule has 0 saturated carbocycles. The zero-order valence-corrected chi connectivity index (χ0v) is 18.2. The molecule has 172 valence electrons. The van der Waals surface area contributed by atoms with Crippen LogP contribution in [0.1, 0.15) is 46.0 Å². The van der Waals surface area contributed by atoms with E-state index in [2.05, 4.69) is 20.3 Å². The van der Waals surface area contributed by atoms with Crippen molar-refractivity contribution in [2.24, 2.45) is 0 Å². The number of carbonyl (C=O) groups is 2. The molecule has 2 N–H and O–H groups in total. The summed E-state index contributed by atoms with van der Waals surface area (Å²) in [5.41, 5.74) is -1.82. The maximum absolute atomic E-state index is 14.1. The fourth-order valence-electron chi connectivity index (χ4n) is 3.89. The number of carbonyl (C=O) groups excluding carboxylic acids is 1. The molecule has 4 rings (SSSR count). The topological polar surface area (TPSA) is 138 Å². The highest BCUT2D eigenvalue weighted by Crippen LogP contribution is 2.34. The van der Waals surface area contributed by atoms with Gasteiger partial charge >= 0.3 is 5.97 Å². The zero-order valence-electron chi connectivity index (χ0n) is 18.2. The van der Waals surface area contributed by atoms with E-state index in [1.165, 1.54) is 36.8 Å². The molecular weight excluding hydrogens is 441 g/mol. The Balaban J connectivity index is 1.84. The molecule has 3 heterocycles. The van der Waals surface area contributed by atoms with Crippen molar-refractivity contribution in [2.45, 2.75) is 31.4 Å². The number of piperidine rings is 1. The maximum Gasteiger partial charge on any atom is 0.342 e. The van der Waals surface area contributed by atoms with Crippen LogP contribution in [0.2, 0.25) is 0 Å². The van der Waals surface area contributed by atoms with E-state index in [4.69, 9.17) is 4.74 Å². The van der Waals surface area contributed by atoms with Crippen LogP contribution in [-0.2, 0) is 0 Å². The molecule has 1 fully saturated rings. The van der Waals surface area contributed by atoms with Crippen LogP contribution in [-0.4, -0.2) is 50.0 Å². The van der Waals surface area contributed by atoms with E-state index in [9.17, 15) is 24.3 Å². The Hall–Kier alpha value is -4.23. The minimum absolute atomic E-state index is 0.0526. The molecule has 0 amide bonds. The summed E-state index contributed by atoms with van der Waals surface area (Å²) in [4.78, 5) is 38.2. The monoisotopic (exact) mass is 461 g/mol. The number of nitrogens with one attached hydrogen (secondary N) is 1. The third-order valence-corrected chi connectivity index (χ3v) is 5.71. The molecule has 34 heavy (non-hydrogen) atoms. The molecule has 2 aromatic heterocycles. The molecule has 1 aliphatic heterocycles. The second-order valence-electron chi connectivity index (χ2n) is 7.96. The van der Waals surface area contributed by atoms with Crippen LogP contribution in [0.25, 0.3) is 11.4 Å². The van der Waals surface area contributed by atoms with Gasteiger partial charge in [0, 0.05) is 42.3 Å². The molecule has 0 bridgehead atoms. The van der Waals surface area contributed by atoms with Gasteiger partial charge in [0.15, 0.2) is 11.4 Å². The fraction of sp³-hybridized carbons (Fsp3) is 0.250. The van der Waals surface area contributed by atoms with E-state index in [0.29, 0.717) is 6.42 Å². The van der Waals surface area contributed by atoms with Gasteiger partial charge in [0.05, 0.1) is 5.56 Å². The summed E-state index contributed by atoms with van der Waals surface area (Å²) in [5, 5.41) is 22.2. The van der Waals surface area contributed by atoms with Crippen LogP contribution >= 0.6 is 0 Å². The summed E-state index contributed by atoms with van der Waals surface area (Å²) in [7, 11) is 0. The third-order valence-electron chi connectivity index (χ3n) is 5.71. The van der Waals surface area contributed by atoms with Gasteiger partial charge in [-0.05, 0) is 50.1 Å². The number of hydrogen-bond acceptors (Lipinski definition) is 8. The number of carboxylic acids is 1. The molecule has 0 unspecified atom stereocenters. The molecule has 3 aromatic rings. The molecule has 2 atom stereocenters. The van der Waals surface area contributed by atoms with Gasteiger partial charge in [0.25, 0.3) is 0 Å². The highest BCUT2D eigenvalue weighted by Gasteiger charge is 2.46. The average Bonchev–Trinajstić information content (AvgIpc) is 2.85. The predicted octanol–water partition coefficient (Wildman–Crippen LogP) is 3.02. The predicted molar refractivity (Wildman–Crippen MR) is 118 cm³/mol. The van der Waals surface area contributed by atoms with E-state index >= 15 is 0 Å². The van der Waals surface area contributed by atoms with Crippen LogP contribution in [0.4, 0.5) is 4.39 Å². The van der Waals surface area contributed by atoms with E-state index in [0.717, 1.165) is 6.07 Å². The zero-order chi connectivity index (χ0) is 24.3. The van der Waals surface area contributed by atoms with Crippen molar-refractivity contribution in [3.63, 3.8) is 0 Å². The number of nitriles is 1. The second-order valence-corrected chi connectivity index (χ2v) is 7.96. The van der Waals surface area contributed by atoms with Crippen molar-refractivity contribution in [2.75, 3.05) is 6.54 Å². The lowest BCUT2D eigenvalue weighted by molar-refractivity contribution is 0.0252. The maximum atomic E-state index is 14.1. The number of ketones is 1. The summed E-state index contributed by atoms with van der Waals surface area (Å²) in [5.74, 6) is -2.65. The minimum Gasteiger partial charge on any atom is -0.477 e. The highest BCUT2D eigenvalue weighted by atomic mass is 19.1. The molecule has 0 spiro atoms. The number of hydrogen-bond donors (Lipinski definition) is 2. The number of halogens is 1. The van der Waals surface area contributed by atoms with Crippen LogP contribution in [0.15, 0.2) is 48.9 Å². The number of Topliss-reactive ketones (excluding diaryl/α,β-unsaturated/α-hetero) is 1. The first-order chi connectivity index (χ1) is 16.3. The van der Waals surface area contributed by atoms with Gasteiger partial charge in [-0.15, -0.1) is 0 Å². The number of carboxylic acid groups (broad SMARTS) is 1. The first-order valence-electron chi connectivity index (χ1n) is 10.5. The normalized spacial score (nSPS) is 19.7. The number of rotatable bonds is 6. The summed E-state index contributed by atoms with van der Waals surface area (Å²) < 4.78 is 20.2. The molecule has 0 aliphatic carbocycles. The number of aromatic nitrogens is 3. The van der Waals surface area contributed by atoms with Gasteiger partial charge in [-0.3, -0.25) is 4.79 Å². The number of pyridine rings is 1. The number of ether oxygens (including phenoxy) is 1. The molecule has 0 radical (unpaired) electrons. The molecular formula is C24H20FN5O4. The van der Waals surface area contributed by atoms with Crippen molar-refractivity contribution in [3.05, 3.63) is 71.4 Å². The van der Waals surface area contributed by atoms with Crippen molar-refractivity contribution in [1.29, 1.82) is 5.26 Å². The van der Waals surface area contributed by atoms with E-state index in [1.807, 2.05) is 13.0 Å². The first kappa shape index (κ1) is 22.9. The number of aromatic carboxylic acids is 1. The van der Waals surface area contributed by atoms with Crippen molar-refractivity contribution in [1.82, 2.24) is 20.3 Å². The molecule has 10 heteroatoms. The largest absolute Gasteiger partial charge is 0.477 e. The quantitative estimate of drug-likeness (QED) is 0.530. The SMILES string of the molecule is C[C@@H]1CC[C@](Oc2nccc(C#N)c2C(=O)O)(C(=O)c2ccc(F)cc2-c2ncccn2)CN1. The van der Waals surface area contributed by atoms with Crippen LogP contribution in [0.3, 0.4) is 0 Å². The van der Waals surface area contributed by atoms with E-state index in [-0.39, 0.29) is 47.4 Å². The Morgan fingerprint density at radius 3 is 2.65 bits per heavy atom. The van der Waals surface area contributed by atoms with Crippen LogP contribution in [0, 0.1) is 17.1 Å². The Morgan fingerprint density at radius 1 is 1.24 bits per heavy atom. The smallest absolute Gasteiger partial charge is 0.342 e. The van der Waals surface area contributed by atoms with Crippen molar-refractivity contribution >= 4 is 11.8 Å². The standard InChI is InChI=1S/C24H20FN5O4/c1-14-5-7-24(13-30-14,34-22-19(23(32)33)15(12-26)6-10-29-22)20(31)17-4-3-16(25)11-18(17)21-27-8-2-9-28-21/h2-4,6,8-11,14,30H,5,7,13H2,1H3,(H,32,33)/t14-,24-/m1/s1. The lowest BCUT2D eigenvalue weighted by Gasteiger charge is -2.39. The Labute approximate surface area is 194 Å². The lowest BCUT2D eigenvalue weighted by atomic mass is 9.82. The summed E-state index contributed by atoms with van der Waals surface area (Å²) >= 11 is 0. The van der Waals surface area contributed by atoms with Gasteiger partial charge in [-0.2, -0.15) is 5.26 Å². The van der Waals surface area contributed by atoms with Gasteiger partial charge in [-0.25, -0.2) is 24.1 Å². The summed E-state index contributed by atoms with van der Waals surface area (Å²) in [6.07, 6.45) is 5.00. The average molecular weight is 461 g/mol. The van der Waals surface area contributed by atoms with Gasteiger partial charge in [0.2, 0.25) is 11.7 Å².